The predicted octanol–water partition coefficient (Wildman–Crippen LogP) is 7.77. The second-order valence-electron chi connectivity index (χ2n) is 9.16. The van der Waals surface area contributed by atoms with Crippen LogP contribution in [0.4, 0.5) is 17.1 Å². The van der Waals surface area contributed by atoms with Gasteiger partial charge in [0.25, 0.3) is 11.6 Å². The van der Waals surface area contributed by atoms with E-state index in [0.29, 0.717) is 16.9 Å². The van der Waals surface area contributed by atoms with Crippen LogP contribution in [0.3, 0.4) is 0 Å². The molecule has 0 aromatic heterocycles. The lowest BCUT2D eigenvalue weighted by molar-refractivity contribution is -0.384. The Bertz CT molecular complexity index is 1620. The highest BCUT2D eigenvalue weighted by Gasteiger charge is 2.23. The van der Waals surface area contributed by atoms with E-state index in [1.165, 1.54) is 23.9 Å². The van der Waals surface area contributed by atoms with Crippen molar-refractivity contribution in [2.24, 2.45) is 0 Å². The van der Waals surface area contributed by atoms with E-state index < -0.39 is 10.8 Å². The number of hydrogen-bond acceptors (Lipinski definition) is 5. The Morgan fingerprint density at radius 2 is 1.20 bits per heavy atom. The maximum Gasteiger partial charge on any atom is 0.269 e. The van der Waals surface area contributed by atoms with Gasteiger partial charge in [-0.25, -0.2) is 0 Å². The summed E-state index contributed by atoms with van der Waals surface area (Å²) < 4.78 is 0. The number of nitro groups is 1. The van der Waals surface area contributed by atoms with Gasteiger partial charge in [0.15, 0.2) is 0 Å². The average Bonchev–Trinajstić information content (AvgIpc) is 3.00. The topological polar surface area (TPSA) is 101 Å². The zero-order chi connectivity index (χ0) is 28.6. The van der Waals surface area contributed by atoms with Crippen LogP contribution in [0.1, 0.15) is 27.4 Å². The van der Waals surface area contributed by atoms with Gasteiger partial charge in [-0.2, -0.15) is 0 Å². The average molecular weight is 560 g/mol. The smallest absolute Gasteiger partial charge is 0.269 e. The summed E-state index contributed by atoms with van der Waals surface area (Å²) in [6, 6.07) is 39.7. The molecule has 0 aliphatic carbocycles. The Morgan fingerprint density at radius 1 is 0.634 bits per heavy atom. The molecule has 5 aromatic carbocycles. The van der Waals surface area contributed by atoms with Crippen molar-refractivity contribution in [3.05, 3.63) is 160 Å². The number of anilines is 2. The Balaban J connectivity index is 1.25. The van der Waals surface area contributed by atoms with Crippen molar-refractivity contribution in [3.63, 3.8) is 0 Å². The molecule has 2 amide bonds. The van der Waals surface area contributed by atoms with Gasteiger partial charge >= 0.3 is 0 Å². The first kappa shape index (κ1) is 27.4. The molecule has 5 aromatic rings. The SMILES string of the molecule is O=C(Nc1ccc(Sc2ccc([N+](=O)[O-])cc2)cc1)c1cccc(NC(=O)C(c2ccccc2)c2ccccc2)c1. The fourth-order valence-corrected chi connectivity index (χ4v) is 5.14. The lowest BCUT2D eigenvalue weighted by Gasteiger charge is -2.18. The molecule has 0 spiro atoms. The standard InChI is InChI=1S/C33H25N3O4S/c37-32(34-26-14-18-29(19-15-26)41-30-20-16-28(17-21-30)36(39)40)25-12-7-13-27(22-25)35-33(38)31(23-8-3-1-4-9-23)24-10-5-2-6-11-24/h1-22,31H,(H,34,37)(H,35,38). The molecule has 0 unspecified atom stereocenters. The molecule has 5 rings (SSSR count). The Morgan fingerprint density at radius 3 is 1.76 bits per heavy atom. The fraction of sp³-hybridized carbons (Fsp3) is 0.0303. The maximum absolute atomic E-state index is 13.5. The third-order valence-corrected chi connectivity index (χ3v) is 7.33. The molecule has 7 nitrogen and oxygen atoms in total. The monoisotopic (exact) mass is 559 g/mol. The molecule has 0 atom stereocenters. The molecular weight excluding hydrogens is 534 g/mol. The molecule has 0 fully saturated rings. The summed E-state index contributed by atoms with van der Waals surface area (Å²) in [5.74, 6) is -1.00. The molecule has 8 heteroatoms. The van der Waals surface area contributed by atoms with Crippen molar-refractivity contribution in [2.75, 3.05) is 10.6 Å². The Hall–Kier alpha value is -5.21. The number of hydrogen-bond donors (Lipinski definition) is 2. The van der Waals surface area contributed by atoms with E-state index in [1.54, 1.807) is 48.5 Å². The molecule has 2 N–H and O–H groups in total. The third-order valence-electron chi connectivity index (χ3n) is 6.32. The molecule has 0 saturated heterocycles. The van der Waals surface area contributed by atoms with E-state index in [9.17, 15) is 19.7 Å². The van der Waals surface area contributed by atoms with E-state index in [4.69, 9.17) is 0 Å². The van der Waals surface area contributed by atoms with E-state index in [2.05, 4.69) is 10.6 Å². The van der Waals surface area contributed by atoms with Crippen LogP contribution >= 0.6 is 11.8 Å². The zero-order valence-corrected chi connectivity index (χ0v) is 22.6. The summed E-state index contributed by atoms with van der Waals surface area (Å²) in [6.45, 7) is 0. The van der Waals surface area contributed by atoms with Crippen molar-refractivity contribution in [3.8, 4) is 0 Å². The molecule has 0 aliphatic rings. The minimum Gasteiger partial charge on any atom is -0.325 e. The Kier molecular flexibility index (Phi) is 8.52. The molecule has 41 heavy (non-hydrogen) atoms. The van der Waals surface area contributed by atoms with Crippen LogP contribution in [0, 0.1) is 10.1 Å². The van der Waals surface area contributed by atoms with Gasteiger partial charge < -0.3 is 10.6 Å². The van der Waals surface area contributed by atoms with Crippen LogP contribution in [0.15, 0.2) is 143 Å². The van der Waals surface area contributed by atoms with Crippen LogP contribution in [0.2, 0.25) is 0 Å². The fourth-order valence-electron chi connectivity index (χ4n) is 4.32. The highest BCUT2D eigenvalue weighted by atomic mass is 32.2. The minimum absolute atomic E-state index is 0.0447. The van der Waals surface area contributed by atoms with Gasteiger partial charge in [0.2, 0.25) is 5.91 Å². The van der Waals surface area contributed by atoms with Crippen LogP contribution in [0.5, 0.6) is 0 Å². The number of benzene rings is 5. The van der Waals surface area contributed by atoms with E-state index in [-0.39, 0.29) is 17.5 Å². The minimum atomic E-state index is -0.503. The first-order valence-corrected chi connectivity index (χ1v) is 13.6. The quantitative estimate of drug-likeness (QED) is 0.142. The number of rotatable bonds is 9. The maximum atomic E-state index is 13.5. The lowest BCUT2D eigenvalue weighted by Crippen LogP contribution is -2.22. The normalized spacial score (nSPS) is 10.7. The van der Waals surface area contributed by atoms with Gasteiger partial charge in [-0.05, 0) is 65.7 Å². The van der Waals surface area contributed by atoms with Crippen molar-refractivity contribution in [1.29, 1.82) is 0 Å². The first-order chi connectivity index (χ1) is 20.0. The molecule has 0 saturated carbocycles. The van der Waals surface area contributed by atoms with Gasteiger partial charge in [0.05, 0.1) is 10.8 Å². The molecule has 0 radical (unpaired) electrons. The van der Waals surface area contributed by atoms with Gasteiger partial charge in [0, 0.05) is 38.9 Å². The van der Waals surface area contributed by atoms with Crippen LogP contribution in [0.25, 0.3) is 0 Å². The van der Waals surface area contributed by atoms with Crippen molar-refractivity contribution >= 4 is 40.6 Å². The molecule has 0 bridgehead atoms. The van der Waals surface area contributed by atoms with Gasteiger partial charge in [-0.1, -0.05) is 78.5 Å². The second kappa shape index (κ2) is 12.8. The number of amides is 2. The van der Waals surface area contributed by atoms with Crippen molar-refractivity contribution in [1.82, 2.24) is 0 Å². The summed E-state index contributed by atoms with van der Waals surface area (Å²) in [4.78, 5) is 38.7. The summed E-state index contributed by atoms with van der Waals surface area (Å²) in [5, 5.41) is 16.7. The predicted molar refractivity (Wildman–Crippen MR) is 161 cm³/mol. The van der Waals surface area contributed by atoms with Crippen molar-refractivity contribution in [2.45, 2.75) is 15.7 Å². The highest BCUT2D eigenvalue weighted by Crippen LogP contribution is 2.30. The largest absolute Gasteiger partial charge is 0.325 e. The first-order valence-electron chi connectivity index (χ1n) is 12.8. The van der Waals surface area contributed by atoms with Crippen LogP contribution in [-0.2, 0) is 4.79 Å². The number of non-ortho nitro benzene ring substituents is 1. The lowest BCUT2D eigenvalue weighted by atomic mass is 9.90. The van der Waals surface area contributed by atoms with Crippen LogP contribution < -0.4 is 10.6 Å². The van der Waals surface area contributed by atoms with E-state index in [0.717, 1.165) is 20.9 Å². The third kappa shape index (κ3) is 7.06. The number of nitrogens with one attached hydrogen (secondary N) is 2. The summed E-state index contributed by atoms with van der Waals surface area (Å²) in [6.07, 6.45) is 0. The summed E-state index contributed by atoms with van der Waals surface area (Å²) >= 11 is 1.46. The summed E-state index contributed by atoms with van der Waals surface area (Å²) in [7, 11) is 0. The number of nitrogens with zero attached hydrogens (tertiary/aromatic N) is 1. The number of nitro benzene ring substituents is 1. The van der Waals surface area contributed by atoms with Crippen molar-refractivity contribution < 1.29 is 14.5 Å². The van der Waals surface area contributed by atoms with Gasteiger partial charge in [0.1, 0.15) is 0 Å². The Labute approximate surface area is 241 Å². The van der Waals surface area contributed by atoms with E-state index >= 15 is 0 Å². The number of carbonyl (C=O) groups excluding carboxylic acids is 2. The molecular formula is C33H25N3O4S. The number of carbonyl (C=O) groups is 2. The molecule has 202 valence electrons. The second-order valence-corrected chi connectivity index (χ2v) is 10.3. The van der Waals surface area contributed by atoms with E-state index in [1.807, 2.05) is 72.8 Å². The zero-order valence-electron chi connectivity index (χ0n) is 21.8. The van der Waals surface area contributed by atoms with Gasteiger partial charge in [-0.15, -0.1) is 0 Å². The molecule has 0 aliphatic heterocycles. The highest BCUT2D eigenvalue weighted by molar-refractivity contribution is 7.99. The van der Waals surface area contributed by atoms with Gasteiger partial charge in [-0.3, -0.25) is 19.7 Å². The summed E-state index contributed by atoms with van der Waals surface area (Å²) in [5.41, 5.74) is 3.34. The van der Waals surface area contributed by atoms with Crippen LogP contribution in [-0.4, -0.2) is 16.7 Å². The molecule has 0 heterocycles.